The SMILES string of the molecule is CCCC(=O)N=c1sc2cccc(OC)c2n1CCOC. The zero-order valence-corrected chi connectivity index (χ0v) is 13.4. The third-order valence-electron chi connectivity index (χ3n) is 3.09. The van der Waals surface area contributed by atoms with Crippen molar-refractivity contribution < 1.29 is 14.3 Å². The van der Waals surface area contributed by atoms with Crippen LogP contribution in [0, 0.1) is 0 Å². The first-order valence-corrected chi connectivity index (χ1v) is 7.75. The smallest absolute Gasteiger partial charge is 0.248 e. The number of nitrogens with zero attached hydrogens (tertiary/aromatic N) is 2. The molecule has 0 radical (unpaired) electrons. The van der Waals surface area contributed by atoms with Crippen LogP contribution in [0.15, 0.2) is 23.2 Å². The molecule has 5 nitrogen and oxygen atoms in total. The second kappa shape index (κ2) is 7.38. The normalized spacial score (nSPS) is 12.0. The van der Waals surface area contributed by atoms with Crippen LogP contribution < -0.4 is 9.54 Å². The maximum atomic E-state index is 11.8. The van der Waals surface area contributed by atoms with E-state index in [1.807, 2.05) is 29.7 Å². The van der Waals surface area contributed by atoms with Crippen molar-refractivity contribution in [1.82, 2.24) is 4.57 Å². The second-order valence-corrected chi connectivity index (χ2v) is 5.60. The number of methoxy groups -OCH3 is 2. The van der Waals surface area contributed by atoms with E-state index in [4.69, 9.17) is 9.47 Å². The highest BCUT2D eigenvalue weighted by Crippen LogP contribution is 2.27. The molecule has 2 rings (SSSR count). The van der Waals surface area contributed by atoms with Gasteiger partial charge in [0.25, 0.3) is 0 Å². The third-order valence-corrected chi connectivity index (χ3v) is 4.13. The van der Waals surface area contributed by atoms with E-state index in [9.17, 15) is 4.79 Å². The van der Waals surface area contributed by atoms with Crippen molar-refractivity contribution >= 4 is 27.5 Å². The number of aromatic nitrogens is 1. The van der Waals surface area contributed by atoms with E-state index in [1.165, 1.54) is 11.3 Å². The summed E-state index contributed by atoms with van der Waals surface area (Å²) >= 11 is 1.50. The molecule has 1 amide bonds. The molecule has 0 fully saturated rings. The summed E-state index contributed by atoms with van der Waals surface area (Å²) in [6, 6.07) is 5.86. The summed E-state index contributed by atoms with van der Waals surface area (Å²) < 4.78 is 13.6. The van der Waals surface area contributed by atoms with E-state index < -0.39 is 0 Å². The molecule has 0 saturated heterocycles. The number of para-hydroxylation sites is 1. The van der Waals surface area contributed by atoms with Crippen LogP contribution >= 0.6 is 11.3 Å². The predicted octanol–water partition coefficient (Wildman–Crippen LogP) is 2.59. The number of hydrogen-bond donors (Lipinski definition) is 0. The number of carbonyl (C=O) groups excluding carboxylic acids is 1. The molecule has 1 aromatic heterocycles. The Hall–Kier alpha value is -1.66. The van der Waals surface area contributed by atoms with Gasteiger partial charge in [-0.2, -0.15) is 4.99 Å². The molecule has 0 bridgehead atoms. The first-order valence-electron chi connectivity index (χ1n) is 6.94. The zero-order valence-electron chi connectivity index (χ0n) is 12.6. The van der Waals surface area contributed by atoms with Crippen LogP contribution in [-0.4, -0.2) is 31.3 Å². The Morgan fingerprint density at radius 3 is 2.86 bits per heavy atom. The fraction of sp³-hybridized carbons (Fsp3) is 0.467. The summed E-state index contributed by atoms with van der Waals surface area (Å²) in [4.78, 5) is 16.8. The fourth-order valence-electron chi connectivity index (χ4n) is 2.11. The Morgan fingerprint density at radius 2 is 2.19 bits per heavy atom. The van der Waals surface area contributed by atoms with Crippen molar-refractivity contribution in [1.29, 1.82) is 0 Å². The number of ether oxygens (including phenoxy) is 2. The molecule has 0 spiro atoms. The molecule has 0 aliphatic carbocycles. The van der Waals surface area contributed by atoms with Crippen molar-refractivity contribution in [3.05, 3.63) is 23.0 Å². The van der Waals surface area contributed by atoms with Gasteiger partial charge in [-0.15, -0.1) is 0 Å². The Morgan fingerprint density at radius 1 is 1.38 bits per heavy atom. The molecule has 6 heteroatoms. The van der Waals surface area contributed by atoms with Crippen molar-refractivity contribution in [2.75, 3.05) is 20.8 Å². The Kier molecular flexibility index (Phi) is 5.52. The van der Waals surface area contributed by atoms with Crippen LogP contribution in [0.2, 0.25) is 0 Å². The van der Waals surface area contributed by atoms with Gasteiger partial charge in [-0.3, -0.25) is 4.79 Å². The third kappa shape index (κ3) is 3.51. The topological polar surface area (TPSA) is 52.8 Å². The molecule has 0 aliphatic heterocycles. The van der Waals surface area contributed by atoms with Gasteiger partial charge in [0, 0.05) is 20.1 Å². The number of hydrogen-bond acceptors (Lipinski definition) is 4. The lowest BCUT2D eigenvalue weighted by molar-refractivity contribution is -0.118. The van der Waals surface area contributed by atoms with Gasteiger partial charge in [0.15, 0.2) is 4.80 Å². The molecular weight excluding hydrogens is 288 g/mol. The maximum absolute atomic E-state index is 11.8. The maximum Gasteiger partial charge on any atom is 0.248 e. The van der Waals surface area contributed by atoms with Crippen molar-refractivity contribution in [2.45, 2.75) is 26.3 Å². The van der Waals surface area contributed by atoms with Crippen molar-refractivity contribution in [2.24, 2.45) is 4.99 Å². The number of amides is 1. The molecule has 0 saturated carbocycles. The average Bonchev–Trinajstić information content (AvgIpc) is 2.82. The summed E-state index contributed by atoms with van der Waals surface area (Å²) in [5.74, 6) is 0.693. The quantitative estimate of drug-likeness (QED) is 0.824. The lowest BCUT2D eigenvalue weighted by atomic mass is 10.3. The fourth-order valence-corrected chi connectivity index (χ4v) is 3.21. The molecule has 21 heavy (non-hydrogen) atoms. The van der Waals surface area contributed by atoms with Crippen molar-refractivity contribution in [3.63, 3.8) is 0 Å². The van der Waals surface area contributed by atoms with Crippen molar-refractivity contribution in [3.8, 4) is 5.75 Å². The minimum atomic E-state index is -0.0887. The highest BCUT2D eigenvalue weighted by Gasteiger charge is 2.11. The summed E-state index contributed by atoms with van der Waals surface area (Å²) in [6.07, 6.45) is 1.27. The monoisotopic (exact) mass is 308 g/mol. The molecular formula is C15H20N2O3S. The minimum absolute atomic E-state index is 0.0887. The summed E-state index contributed by atoms with van der Waals surface area (Å²) in [6.45, 7) is 3.16. The summed E-state index contributed by atoms with van der Waals surface area (Å²) in [7, 11) is 3.30. The van der Waals surface area contributed by atoms with Crippen LogP contribution in [-0.2, 0) is 16.1 Å². The molecule has 0 unspecified atom stereocenters. The molecule has 0 atom stereocenters. The van der Waals surface area contributed by atoms with E-state index in [2.05, 4.69) is 4.99 Å². The number of fused-ring (bicyclic) bond motifs is 1. The molecule has 114 valence electrons. The van der Waals surface area contributed by atoms with Gasteiger partial charge in [-0.05, 0) is 18.6 Å². The number of carbonyl (C=O) groups is 1. The van der Waals surface area contributed by atoms with Gasteiger partial charge in [-0.1, -0.05) is 24.3 Å². The van der Waals surface area contributed by atoms with E-state index in [0.29, 0.717) is 24.4 Å². The predicted molar refractivity (Wildman–Crippen MR) is 83.7 cm³/mol. The van der Waals surface area contributed by atoms with E-state index in [1.54, 1.807) is 14.2 Å². The van der Waals surface area contributed by atoms with Gasteiger partial charge >= 0.3 is 0 Å². The number of thiazole rings is 1. The summed E-state index contributed by atoms with van der Waals surface area (Å²) in [5.41, 5.74) is 0.963. The minimum Gasteiger partial charge on any atom is -0.495 e. The first-order chi connectivity index (χ1) is 10.2. The van der Waals surface area contributed by atoms with E-state index in [0.717, 1.165) is 22.4 Å². The lowest BCUT2D eigenvalue weighted by Gasteiger charge is -2.07. The molecule has 0 aliphatic rings. The lowest BCUT2D eigenvalue weighted by Crippen LogP contribution is -2.19. The Balaban J connectivity index is 2.61. The zero-order chi connectivity index (χ0) is 15.2. The highest BCUT2D eigenvalue weighted by atomic mass is 32.1. The largest absolute Gasteiger partial charge is 0.495 e. The Labute approximate surface area is 127 Å². The van der Waals surface area contributed by atoms with Gasteiger partial charge in [0.2, 0.25) is 5.91 Å². The first kappa shape index (κ1) is 15.7. The van der Waals surface area contributed by atoms with Crippen LogP contribution in [0.5, 0.6) is 5.75 Å². The van der Waals surface area contributed by atoms with Gasteiger partial charge in [0.05, 0.1) is 18.4 Å². The second-order valence-electron chi connectivity index (χ2n) is 4.59. The van der Waals surface area contributed by atoms with Gasteiger partial charge in [-0.25, -0.2) is 0 Å². The Bertz CT molecular complexity index is 688. The molecule has 2 aromatic rings. The van der Waals surface area contributed by atoms with Crippen LogP contribution in [0.3, 0.4) is 0 Å². The van der Waals surface area contributed by atoms with Crippen LogP contribution in [0.1, 0.15) is 19.8 Å². The standard InChI is InChI=1S/C15H20N2O3S/c1-4-6-13(18)16-15-17(9-10-19-2)14-11(20-3)7-5-8-12(14)21-15/h5,7-8H,4,6,9-10H2,1-3H3. The highest BCUT2D eigenvalue weighted by molar-refractivity contribution is 7.16. The average molecular weight is 308 g/mol. The van der Waals surface area contributed by atoms with Gasteiger partial charge < -0.3 is 14.0 Å². The molecule has 0 N–H and O–H groups in total. The van der Waals surface area contributed by atoms with Crippen LogP contribution in [0.25, 0.3) is 10.2 Å². The molecule has 1 heterocycles. The van der Waals surface area contributed by atoms with E-state index in [-0.39, 0.29) is 5.91 Å². The van der Waals surface area contributed by atoms with Crippen LogP contribution in [0.4, 0.5) is 0 Å². The summed E-state index contributed by atoms with van der Waals surface area (Å²) in [5, 5.41) is 0. The molecule has 1 aromatic carbocycles. The number of rotatable bonds is 6. The van der Waals surface area contributed by atoms with Gasteiger partial charge in [0.1, 0.15) is 11.3 Å². The van der Waals surface area contributed by atoms with E-state index >= 15 is 0 Å². The number of benzene rings is 1.